The van der Waals surface area contributed by atoms with Crippen LogP contribution in [0.2, 0.25) is 0 Å². The number of thiazole rings is 1. The number of nitrogens with one attached hydrogen (secondary N) is 1. The van der Waals surface area contributed by atoms with Gasteiger partial charge in [-0.2, -0.15) is 0 Å². The van der Waals surface area contributed by atoms with E-state index in [9.17, 15) is 9.59 Å². The predicted octanol–water partition coefficient (Wildman–Crippen LogP) is 3.95. The minimum atomic E-state index is -0.683. The summed E-state index contributed by atoms with van der Waals surface area (Å²) in [6, 6.07) is 7.74. The average Bonchev–Trinajstić information content (AvgIpc) is 3.01. The second-order valence-corrected chi connectivity index (χ2v) is 8.01. The summed E-state index contributed by atoms with van der Waals surface area (Å²) >= 11 is 1.26. The van der Waals surface area contributed by atoms with Gasteiger partial charge in [0, 0.05) is 5.38 Å². The highest BCUT2D eigenvalue weighted by atomic mass is 32.1. The molecule has 0 saturated heterocycles. The lowest BCUT2D eigenvalue weighted by Gasteiger charge is -2.21. The summed E-state index contributed by atoms with van der Waals surface area (Å²) in [6.45, 7) is 10.1. The molecule has 1 N–H and O–H groups in total. The summed E-state index contributed by atoms with van der Waals surface area (Å²) < 4.78 is 10.7. The van der Waals surface area contributed by atoms with Gasteiger partial charge in [0.15, 0.2) is 11.2 Å². The number of hydrogen-bond acceptors (Lipinski definition) is 6. The van der Waals surface area contributed by atoms with Crippen molar-refractivity contribution in [2.45, 2.75) is 52.6 Å². The lowest BCUT2D eigenvalue weighted by molar-refractivity contribution is -0.142. The van der Waals surface area contributed by atoms with E-state index in [2.05, 4.69) is 31.1 Å². The number of carbonyl (C=O) groups is 2. The number of benzene rings is 1. The largest absolute Gasteiger partial charge is 0.481 e. The van der Waals surface area contributed by atoms with Crippen molar-refractivity contribution >= 4 is 28.3 Å². The number of carbonyl (C=O) groups excluding carboxylic acids is 2. The molecule has 1 unspecified atom stereocenters. The van der Waals surface area contributed by atoms with E-state index in [1.165, 1.54) is 11.3 Å². The second kappa shape index (κ2) is 8.99. The molecule has 0 aliphatic rings. The van der Waals surface area contributed by atoms with Gasteiger partial charge in [-0.3, -0.25) is 14.9 Å². The smallest absolute Gasteiger partial charge is 0.311 e. The Morgan fingerprint density at radius 2 is 2.04 bits per heavy atom. The number of nitrogens with zero attached hydrogens (tertiary/aromatic N) is 1. The topological polar surface area (TPSA) is 77.5 Å². The molecule has 0 saturated carbocycles. The fraction of sp³-hybridized carbons (Fsp3) is 0.450. The number of hydrogen-bond donors (Lipinski definition) is 1. The number of rotatable bonds is 7. The Morgan fingerprint density at radius 3 is 2.70 bits per heavy atom. The Hall–Kier alpha value is -2.41. The van der Waals surface area contributed by atoms with E-state index in [0.29, 0.717) is 23.2 Å². The van der Waals surface area contributed by atoms with Gasteiger partial charge in [-0.1, -0.05) is 32.9 Å². The highest BCUT2D eigenvalue weighted by Crippen LogP contribution is 2.26. The van der Waals surface area contributed by atoms with Gasteiger partial charge in [0.1, 0.15) is 5.75 Å². The summed E-state index contributed by atoms with van der Waals surface area (Å²) in [7, 11) is 0. The molecule has 0 bridgehead atoms. The molecule has 7 heteroatoms. The molecule has 6 nitrogen and oxygen atoms in total. The van der Waals surface area contributed by atoms with Crippen molar-refractivity contribution in [3.8, 4) is 5.75 Å². The third kappa shape index (κ3) is 6.36. The van der Waals surface area contributed by atoms with Crippen molar-refractivity contribution in [1.82, 2.24) is 4.98 Å². The first-order valence-electron chi connectivity index (χ1n) is 8.87. The van der Waals surface area contributed by atoms with Crippen LogP contribution in [0.15, 0.2) is 29.6 Å². The van der Waals surface area contributed by atoms with Crippen molar-refractivity contribution in [2.24, 2.45) is 0 Å². The minimum Gasteiger partial charge on any atom is -0.481 e. The van der Waals surface area contributed by atoms with Crippen LogP contribution in [0.5, 0.6) is 5.75 Å². The minimum absolute atomic E-state index is 0.00107. The second-order valence-electron chi connectivity index (χ2n) is 7.15. The highest BCUT2D eigenvalue weighted by molar-refractivity contribution is 7.13. The number of esters is 1. The molecule has 1 amide bonds. The zero-order valence-electron chi connectivity index (χ0n) is 16.4. The zero-order chi connectivity index (χ0) is 20.0. The lowest BCUT2D eigenvalue weighted by atomic mass is 9.87. The fourth-order valence-electron chi connectivity index (χ4n) is 2.31. The van der Waals surface area contributed by atoms with Crippen LogP contribution in [0.3, 0.4) is 0 Å². The van der Waals surface area contributed by atoms with Crippen molar-refractivity contribution in [3.63, 3.8) is 0 Å². The first-order chi connectivity index (χ1) is 12.7. The first-order valence-corrected chi connectivity index (χ1v) is 9.75. The molecule has 1 heterocycles. The molecule has 1 atom stereocenters. The van der Waals surface area contributed by atoms with Gasteiger partial charge in [0.05, 0.1) is 18.7 Å². The van der Waals surface area contributed by atoms with Crippen LogP contribution in [-0.2, 0) is 26.2 Å². The Balaban J connectivity index is 1.94. The van der Waals surface area contributed by atoms with E-state index in [0.717, 1.165) is 5.56 Å². The number of ether oxygens (including phenoxy) is 2. The van der Waals surface area contributed by atoms with E-state index in [4.69, 9.17) is 9.47 Å². The molecule has 2 aromatic rings. The fourth-order valence-corrected chi connectivity index (χ4v) is 3.02. The molecule has 0 fully saturated rings. The summed E-state index contributed by atoms with van der Waals surface area (Å²) in [6.07, 6.45) is -0.594. The molecule has 0 spiro atoms. The normalized spacial score (nSPS) is 12.3. The molecule has 27 heavy (non-hydrogen) atoms. The Morgan fingerprint density at radius 1 is 1.30 bits per heavy atom. The molecule has 1 aromatic heterocycles. The maximum atomic E-state index is 12.4. The van der Waals surface area contributed by atoms with Crippen LogP contribution in [0.25, 0.3) is 0 Å². The Labute approximate surface area is 163 Å². The van der Waals surface area contributed by atoms with Crippen LogP contribution in [-0.4, -0.2) is 29.6 Å². The lowest BCUT2D eigenvalue weighted by Crippen LogP contribution is -2.30. The number of aromatic nitrogens is 1. The summed E-state index contributed by atoms with van der Waals surface area (Å²) in [5.41, 5.74) is 1.71. The maximum absolute atomic E-state index is 12.4. The molecule has 0 aliphatic heterocycles. The van der Waals surface area contributed by atoms with Crippen molar-refractivity contribution in [1.29, 1.82) is 0 Å². The molecule has 0 radical (unpaired) electrons. The van der Waals surface area contributed by atoms with E-state index in [1.807, 2.05) is 24.3 Å². The van der Waals surface area contributed by atoms with Crippen LogP contribution in [0.4, 0.5) is 5.13 Å². The molecular formula is C20H26N2O4S. The standard InChI is InChI=1S/C20H26N2O4S/c1-6-25-17(23)11-15-12-27-19(21-15)22-18(24)13(2)26-16-9-7-8-14(10-16)20(3,4)5/h7-10,12-13H,6,11H2,1-5H3,(H,21,22,24). The molecular weight excluding hydrogens is 364 g/mol. The Bertz CT molecular complexity index is 795. The number of amides is 1. The third-order valence-electron chi connectivity index (χ3n) is 3.79. The van der Waals surface area contributed by atoms with Gasteiger partial charge in [-0.25, -0.2) is 4.98 Å². The van der Waals surface area contributed by atoms with Crippen molar-refractivity contribution in [3.05, 3.63) is 40.9 Å². The Kier molecular flexibility index (Phi) is 6.96. The molecule has 2 rings (SSSR count). The summed E-state index contributed by atoms with van der Waals surface area (Å²) in [5, 5.41) is 4.88. The molecule has 146 valence electrons. The van der Waals surface area contributed by atoms with Crippen molar-refractivity contribution in [2.75, 3.05) is 11.9 Å². The SMILES string of the molecule is CCOC(=O)Cc1csc(NC(=O)C(C)Oc2cccc(C(C)(C)C)c2)n1. The first kappa shape index (κ1) is 20.9. The number of anilines is 1. The van der Waals surface area contributed by atoms with E-state index < -0.39 is 6.10 Å². The maximum Gasteiger partial charge on any atom is 0.311 e. The van der Waals surface area contributed by atoms with Gasteiger partial charge in [0.25, 0.3) is 5.91 Å². The molecule has 0 aliphatic carbocycles. The summed E-state index contributed by atoms with van der Waals surface area (Å²) in [5.74, 6) is 0.0107. The van der Waals surface area contributed by atoms with Crippen molar-refractivity contribution < 1.29 is 19.1 Å². The summed E-state index contributed by atoms with van der Waals surface area (Å²) in [4.78, 5) is 28.1. The quantitative estimate of drug-likeness (QED) is 0.724. The van der Waals surface area contributed by atoms with Crippen LogP contribution < -0.4 is 10.1 Å². The predicted molar refractivity (Wildman–Crippen MR) is 106 cm³/mol. The zero-order valence-corrected chi connectivity index (χ0v) is 17.2. The van der Waals surface area contributed by atoms with Gasteiger partial charge in [0.2, 0.25) is 0 Å². The van der Waals surface area contributed by atoms with Gasteiger partial charge in [-0.15, -0.1) is 11.3 Å². The third-order valence-corrected chi connectivity index (χ3v) is 4.60. The monoisotopic (exact) mass is 390 g/mol. The average molecular weight is 391 g/mol. The van der Waals surface area contributed by atoms with E-state index >= 15 is 0 Å². The molecule has 1 aromatic carbocycles. The van der Waals surface area contributed by atoms with E-state index in [1.54, 1.807) is 19.2 Å². The van der Waals surface area contributed by atoms with Crippen LogP contribution in [0, 0.1) is 0 Å². The van der Waals surface area contributed by atoms with Crippen LogP contribution in [0.1, 0.15) is 45.9 Å². The van der Waals surface area contributed by atoms with Crippen LogP contribution >= 0.6 is 11.3 Å². The van der Waals surface area contributed by atoms with Gasteiger partial charge < -0.3 is 9.47 Å². The highest BCUT2D eigenvalue weighted by Gasteiger charge is 2.19. The van der Waals surface area contributed by atoms with Gasteiger partial charge in [-0.05, 0) is 37.0 Å². The van der Waals surface area contributed by atoms with E-state index in [-0.39, 0.29) is 23.7 Å². The van der Waals surface area contributed by atoms with Gasteiger partial charge >= 0.3 is 5.97 Å².